The Morgan fingerprint density at radius 1 is 1.13 bits per heavy atom. The second-order valence-corrected chi connectivity index (χ2v) is 10.1. The van der Waals surface area contributed by atoms with E-state index in [2.05, 4.69) is 22.3 Å². The molecule has 4 rings (SSSR count). The standard InChI is InChI=1S/C29H34N4O6/c1-18(2)39-29(35)24-19(3)31-27(30)26(25(24)21-11-7-12-22(15-21)33(36)37)28(34)38-17-23-13-8-14-32(23)16-20-9-5-4-6-10-20/h4-7,9-12,15,18,23,25,31H,8,13-14,16-17,30H2,1-3H3. The molecule has 0 aromatic heterocycles. The Kier molecular flexibility index (Phi) is 8.65. The van der Waals surface area contributed by atoms with Crippen LogP contribution in [0, 0.1) is 10.1 Å². The molecule has 0 radical (unpaired) electrons. The molecule has 2 aromatic rings. The molecule has 2 atom stereocenters. The number of ether oxygens (including phenoxy) is 2. The molecule has 2 unspecified atom stereocenters. The minimum atomic E-state index is -1.01. The van der Waals surface area contributed by atoms with Crippen LogP contribution in [-0.2, 0) is 25.6 Å². The van der Waals surface area contributed by atoms with Gasteiger partial charge >= 0.3 is 11.9 Å². The number of benzene rings is 2. The first-order valence-corrected chi connectivity index (χ1v) is 13.0. The van der Waals surface area contributed by atoms with Crippen LogP contribution in [0.4, 0.5) is 5.69 Å². The van der Waals surface area contributed by atoms with Gasteiger partial charge in [-0.05, 0) is 51.3 Å². The smallest absolute Gasteiger partial charge is 0.338 e. The largest absolute Gasteiger partial charge is 0.461 e. The normalized spacial score (nSPS) is 19.7. The zero-order chi connectivity index (χ0) is 28.1. The van der Waals surface area contributed by atoms with Crippen LogP contribution in [-0.4, -0.2) is 47.1 Å². The first-order chi connectivity index (χ1) is 18.7. The number of nitrogens with zero attached hydrogens (tertiary/aromatic N) is 2. The van der Waals surface area contributed by atoms with Gasteiger partial charge in [-0.25, -0.2) is 9.59 Å². The number of likely N-dealkylation sites (tertiary alicyclic amines) is 1. The quantitative estimate of drug-likeness (QED) is 0.279. The first kappa shape index (κ1) is 27.8. The number of allylic oxidation sites excluding steroid dienone is 1. The van der Waals surface area contributed by atoms with E-state index in [1.807, 2.05) is 18.2 Å². The third-order valence-corrected chi connectivity index (χ3v) is 6.93. The van der Waals surface area contributed by atoms with Crippen LogP contribution < -0.4 is 11.1 Å². The highest BCUT2D eigenvalue weighted by molar-refractivity contribution is 6.00. The monoisotopic (exact) mass is 534 g/mol. The number of non-ortho nitro benzene ring substituents is 1. The Labute approximate surface area is 227 Å². The Bertz CT molecular complexity index is 1300. The second kappa shape index (κ2) is 12.1. The lowest BCUT2D eigenvalue weighted by molar-refractivity contribution is -0.384. The summed E-state index contributed by atoms with van der Waals surface area (Å²) in [4.78, 5) is 40.1. The summed E-state index contributed by atoms with van der Waals surface area (Å²) in [5.74, 6) is -2.31. The molecule has 1 fully saturated rings. The van der Waals surface area contributed by atoms with Gasteiger partial charge in [0.15, 0.2) is 0 Å². The van der Waals surface area contributed by atoms with E-state index in [9.17, 15) is 19.7 Å². The van der Waals surface area contributed by atoms with Crippen LogP contribution >= 0.6 is 0 Å². The highest BCUT2D eigenvalue weighted by Gasteiger charge is 2.40. The van der Waals surface area contributed by atoms with Crippen molar-refractivity contribution in [3.63, 3.8) is 0 Å². The van der Waals surface area contributed by atoms with Gasteiger partial charge in [-0.2, -0.15) is 0 Å². The van der Waals surface area contributed by atoms with E-state index in [1.54, 1.807) is 26.8 Å². The van der Waals surface area contributed by atoms with Gasteiger partial charge in [0.05, 0.1) is 28.1 Å². The minimum absolute atomic E-state index is 0.0180. The molecule has 3 N–H and O–H groups in total. The summed E-state index contributed by atoms with van der Waals surface area (Å²) in [7, 11) is 0. The Morgan fingerprint density at radius 3 is 2.56 bits per heavy atom. The highest BCUT2D eigenvalue weighted by atomic mass is 16.6. The minimum Gasteiger partial charge on any atom is -0.461 e. The van der Waals surface area contributed by atoms with Gasteiger partial charge in [-0.1, -0.05) is 42.5 Å². The molecule has 2 aromatic carbocycles. The number of nitro groups is 1. The third kappa shape index (κ3) is 6.46. The number of hydrogen-bond donors (Lipinski definition) is 2. The van der Waals surface area contributed by atoms with Gasteiger partial charge in [0.25, 0.3) is 5.69 Å². The molecule has 0 aliphatic carbocycles. The third-order valence-electron chi connectivity index (χ3n) is 6.93. The van der Waals surface area contributed by atoms with Gasteiger partial charge in [0.1, 0.15) is 12.4 Å². The first-order valence-electron chi connectivity index (χ1n) is 13.0. The molecule has 10 heteroatoms. The second-order valence-electron chi connectivity index (χ2n) is 10.1. The van der Waals surface area contributed by atoms with E-state index < -0.39 is 28.9 Å². The SMILES string of the molecule is CC1=C(C(=O)OC(C)C)C(c2cccc([N+](=O)[O-])c2)C(C(=O)OCC2CCCN2Cc2ccccc2)=C(N)N1. The summed E-state index contributed by atoms with van der Waals surface area (Å²) >= 11 is 0. The Hall–Kier alpha value is -4.18. The number of nitrogens with two attached hydrogens (primary N) is 1. The van der Waals surface area contributed by atoms with Crippen molar-refractivity contribution in [3.8, 4) is 0 Å². The molecule has 206 valence electrons. The molecule has 0 amide bonds. The van der Waals surface area contributed by atoms with Crippen molar-refractivity contribution in [1.82, 2.24) is 10.2 Å². The Balaban J connectivity index is 1.61. The zero-order valence-corrected chi connectivity index (χ0v) is 22.4. The molecular formula is C29H34N4O6. The van der Waals surface area contributed by atoms with Gasteiger partial charge in [0.2, 0.25) is 0 Å². The number of nitrogens with one attached hydrogen (secondary N) is 1. The van der Waals surface area contributed by atoms with E-state index in [0.717, 1.165) is 25.9 Å². The van der Waals surface area contributed by atoms with E-state index in [-0.39, 0.29) is 35.3 Å². The van der Waals surface area contributed by atoms with E-state index in [1.165, 1.54) is 23.8 Å². The van der Waals surface area contributed by atoms with Crippen molar-refractivity contribution in [3.05, 3.63) is 98.5 Å². The molecule has 0 spiro atoms. The van der Waals surface area contributed by atoms with Crippen LogP contribution in [0.3, 0.4) is 0 Å². The lowest BCUT2D eigenvalue weighted by Crippen LogP contribution is -2.38. The van der Waals surface area contributed by atoms with Crippen LogP contribution in [0.5, 0.6) is 0 Å². The molecule has 0 saturated carbocycles. The molecular weight excluding hydrogens is 500 g/mol. The summed E-state index contributed by atoms with van der Waals surface area (Å²) in [5, 5.41) is 14.4. The van der Waals surface area contributed by atoms with Crippen molar-refractivity contribution in [2.45, 2.75) is 58.2 Å². The number of dihydropyridines is 1. The highest BCUT2D eigenvalue weighted by Crippen LogP contribution is 2.39. The van der Waals surface area contributed by atoms with Crippen molar-refractivity contribution in [1.29, 1.82) is 0 Å². The van der Waals surface area contributed by atoms with Crippen LogP contribution in [0.2, 0.25) is 0 Å². The number of carbonyl (C=O) groups excluding carboxylic acids is 2. The van der Waals surface area contributed by atoms with Crippen molar-refractivity contribution in [2.75, 3.05) is 13.2 Å². The maximum Gasteiger partial charge on any atom is 0.338 e. The van der Waals surface area contributed by atoms with Crippen molar-refractivity contribution >= 4 is 17.6 Å². The summed E-state index contributed by atoms with van der Waals surface area (Å²) in [5.41, 5.74) is 8.25. The van der Waals surface area contributed by atoms with Gasteiger partial charge in [-0.3, -0.25) is 15.0 Å². The average Bonchev–Trinajstić information content (AvgIpc) is 3.33. The van der Waals surface area contributed by atoms with Crippen LogP contribution in [0.1, 0.15) is 50.7 Å². The molecule has 2 heterocycles. The summed E-state index contributed by atoms with van der Waals surface area (Å²) in [6.45, 7) is 6.88. The van der Waals surface area contributed by atoms with Gasteiger partial charge in [0, 0.05) is 30.4 Å². The topological polar surface area (TPSA) is 137 Å². The molecule has 10 nitrogen and oxygen atoms in total. The molecule has 0 bridgehead atoms. The van der Waals surface area contributed by atoms with Gasteiger partial charge in [-0.15, -0.1) is 0 Å². The van der Waals surface area contributed by atoms with E-state index in [4.69, 9.17) is 15.2 Å². The average molecular weight is 535 g/mol. The maximum atomic E-state index is 13.6. The lowest BCUT2D eigenvalue weighted by Gasteiger charge is -2.31. The van der Waals surface area contributed by atoms with Gasteiger partial charge < -0.3 is 20.5 Å². The van der Waals surface area contributed by atoms with Crippen molar-refractivity contribution < 1.29 is 24.0 Å². The molecule has 1 saturated heterocycles. The summed E-state index contributed by atoms with van der Waals surface area (Å²) < 4.78 is 11.3. The predicted molar refractivity (Wildman–Crippen MR) is 145 cm³/mol. The van der Waals surface area contributed by atoms with E-state index >= 15 is 0 Å². The number of esters is 2. The fourth-order valence-electron chi connectivity index (χ4n) is 5.14. The number of nitro benzene ring substituents is 1. The summed E-state index contributed by atoms with van der Waals surface area (Å²) in [6.07, 6.45) is 1.46. The fraction of sp³-hybridized carbons (Fsp3) is 0.379. The Morgan fingerprint density at radius 2 is 1.87 bits per heavy atom. The number of carbonyl (C=O) groups is 2. The zero-order valence-electron chi connectivity index (χ0n) is 22.4. The van der Waals surface area contributed by atoms with Crippen LogP contribution in [0.15, 0.2) is 77.3 Å². The molecule has 39 heavy (non-hydrogen) atoms. The predicted octanol–water partition coefficient (Wildman–Crippen LogP) is 3.89. The van der Waals surface area contributed by atoms with Crippen molar-refractivity contribution in [2.24, 2.45) is 5.73 Å². The fourth-order valence-corrected chi connectivity index (χ4v) is 5.14. The number of hydrogen-bond acceptors (Lipinski definition) is 9. The maximum absolute atomic E-state index is 13.6. The molecule has 2 aliphatic heterocycles. The lowest BCUT2D eigenvalue weighted by atomic mass is 9.81. The summed E-state index contributed by atoms with van der Waals surface area (Å²) in [6, 6.07) is 16.0. The van der Waals surface area contributed by atoms with Crippen LogP contribution in [0.25, 0.3) is 0 Å². The molecule has 2 aliphatic rings. The number of rotatable bonds is 9. The van der Waals surface area contributed by atoms with E-state index in [0.29, 0.717) is 11.3 Å².